The van der Waals surface area contributed by atoms with Crippen LogP contribution >= 0.6 is 0 Å². The molecule has 0 aliphatic heterocycles. The Morgan fingerprint density at radius 2 is 2.19 bits per heavy atom. The lowest BCUT2D eigenvalue weighted by atomic mass is 10.1. The van der Waals surface area contributed by atoms with Gasteiger partial charge >= 0.3 is 0 Å². The zero-order valence-corrected chi connectivity index (χ0v) is 9.86. The first kappa shape index (κ1) is 10.7. The molecule has 2 aromatic rings. The second-order valence-corrected chi connectivity index (χ2v) is 4.03. The van der Waals surface area contributed by atoms with Gasteiger partial charge in [0.2, 0.25) is 0 Å². The Morgan fingerprint density at radius 3 is 2.81 bits per heavy atom. The molecule has 0 saturated heterocycles. The van der Waals surface area contributed by atoms with Crippen molar-refractivity contribution < 1.29 is 5.21 Å². The van der Waals surface area contributed by atoms with Crippen molar-refractivity contribution in [3.63, 3.8) is 0 Å². The van der Waals surface area contributed by atoms with Crippen molar-refractivity contribution in [2.45, 2.75) is 27.3 Å². The first-order valence-corrected chi connectivity index (χ1v) is 5.46. The van der Waals surface area contributed by atoms with E-state index in [1.165, 1.54) is 11.1 Å². The molecule has 0 aliphatic carbocycles. The first-order valence-electron chi connectivity index (χ1n) is 5.46. The second-order valence-electron chi connectivity index (χ2n) is 4.03. The minimum Gasteiger partial charge on any atom is -0.411 e. The predicted octanol–water partition coefficient (Wildman–Crippen LogP) is 3.17. The van der Waals surface area contributed by atoms with Gasteiger partial charge in [0.1, 0.15) is 0 Å². The van der Waals surface area contributed by atoms with Crippen molar-refractivity contribution >= 4 is 16.6 Å². The number of nitrogens with zero attached hydrogens (tertiary/aromatic N) is 2. The summed E-state index contributed by atoms with van der Waals surface area (Å²) in [4.78, 5) is 0. The molecule has 16 heavy (non-hydrogen) atoms. The molecule has 3 heteroatoms. The van der Waals surface area contributed by atoms with Gasteiger partial charge in [-0.05, 0) is 32.4 Å². The average molecular weight is 216 g/mol. The van der Waals surface area contributed by atoms with Crippen LogP contribution in [0.5, 0.6) is 0 Å². The number of aromatic nitrogens is 1. The van der Waals surface area contributed by atoms with E-state index in [1.54, 1.807) is 0 Å². The van der Waals surface area contributed by atoms with E-state index >= 15 is 0 Å². The third kappa shape index (κ3) is 1.58. The third-order valence-electron chi connectivity index (χ3n) is 2.92. The van der Waals surface area contributed by atoms with E-state index in [0.717, 1.165) is 17.5 Å². The van der Waals surface area contributed by atoms with Crippen LogP contribution in [0.25, 0.3) is 10.9 Å². The fourth-order valence-corrected chi connectivity index (χ4v) is 2.01. The number of benzene rings is 1. The Bertz CT molecular complexity index is 552. The van der Waals surface area contributed by atoms with Gasteiger partial charge in [0, 0.05) is 29.2 Å². The van der Waals surface area contributed by atoms with Gasteiger partial charge in [0.05, 0.1) is 5.71 Å². The minimum absolute atomic E-state index is 0.654. The summed E-state index contributed by atoms with van der Waals surface area (Å²) < 4.78 is 2.17. The normalized spacial score (nSPS) is 12.3. The Morgan fingerprint density at radius 1 is 1.44 bits per heavy atom. The van der Waals surface area contributed by atoms with E-state index in [0.29, 0.717) is 5.71 Å². The summed E-state index contributed by atoms with van der Waals surface area (Å²) in [6.07, 6.45) is 2.04. The molecule has 3 nitrogen and oxygen atoms in total. The van der Waals surface area contributed by atoms with Crippen molar-refractivity contribution in [2.24, 2.45) is 5.16 Å². The van der Waals surface area contributed by atoms with Gasteiger partial charge in [-0.1, -0.05) is 17.3 Å². The van der Waals surface area contributed by atoms with E-state index in [2.05, 4.69) is 41.8 Å². The van der Waals surface area contributed by atoms with Gasteiger partial charge in [-0.25, -0.2) is 0 Å². The summed E-state index contributed by atoms with van der Waals surface area (Å²) >= 11 is 0. The summed E-state index contributed by atoms with van der Waals surface area (Å²) in [5, 5.41) is 13.3. The maximum Gasteiger partial charge on any atom is 0.0858 e. The molecule has 0 fully saturated rings. The maximum absolute atomic E-state index is 8.86. The lowest BCUT2D eigenvalue weighted by Gasteiger charge is -2.00. The monoisotopic (exact) mass is 216 g/mol. The molecule has 1 aromatic heterocycles. The van der Waals surface area contributed by atoms with Gasteiger partial charge in [-0.2, -0.15) is 0 Å². The predicted molar refractivity (Wildman–Crippen MR) is 66.3 cm³/mol. The highest BCUT2D eigenvalue weighted by molar-refractivity contribution is 6.09. The van der Waals surface area contributed by atoms with Crippen molar-refractivity contribution in [1.82, 2.24) is 4.57 Å². The minimum atomic E-state index is 0.654. The standard InChI is InChI=1S/C13H16N2O/c1-4-15-8-12(10(3)14-16)11-6-5-9(2)7-13(11)15/h5-8,16H,4H2,1-3H3/b14-10+. The molecular weight excluding hydrogens is 200 g/mol. The van der Waals surface area contributed by atoms with E-state index in [-0.39, 0.29) is 0 Å². The number of oxime groups is 1. The molecule has 1 aromatic carbocycles. The summed E-state index contributed by atoms with van der Waals surface area (Å²) in [7, 11) is 0. The molecule has 0 atom stereocenters. The van der Waals surface area contributed by atoms with Crippen LogP contribution in [0.1, 0.15) is 25.0 Å². The van der Waals surface area contributed by atoms with Gasteiger partial charge in [-0.3, -0.25) is 0 Å². The molecule has 84 valence electrons. The highest BCUT2D eigenvalue weighted by atomic mass is 16.4. The topological polar surface area (TPSA) is 37.5 Å². The molecule has 1 N–H and O–H groups in total. The van der Waals surface area contributed by atoms with Gasteiger partial charge in [-0.15, -0.1) is 0 Å². The van der Waals surface area contributed by atoms with Gasteiger partial charge < -0.3 is 9.77 Å². The molecular formula is C13H16N2O. The molecule has 0 bridgehead atoms. The third-order valence-corrected chi connectivity index (χ3v) is 2.92. The first-order chi connectivity index (χ1) is 7.67. The molecule has 2 rings (SSSR count). The van der Waals surface area contributed by atoms with Crippen LogP contribution in [0.2, 0.25) is 0 Å². The molecule has 0 amide bonds. The van der Waals surface area contributed by atoms with E-state index in [9.17, 15) is 0 Å². The second kappa shape index (κ2) is 4.00. The highest BCUT2D eigenvalue weighted by Crippen LogP contribution is 2.23. The quantitative estimate of drug-likeness (QED) is 0.467. The zero-order chi connectivity index (χ0) is 11.7. The number of rotatable bonds is 2. The number of aryl methyl sites for hydroxylation is 2. The maximum atomic E-state index is 8.86. The molecule has 0 aliphatic rings. The van der Waals surface area contributed by atoms with Crippen LogP contribution in [-0.2, 0) is 6.54 Å². The summed E-state index contributed by atoms with van der Waals surface area (Å²) in [5.74, 6) is 0. The van der Waals surface area contributed by atoms with Crippen LogP contribution in [0, 0.1) is 6.92 Å². The lowest BCUT2D eigenvalue weighted by Crippen LogP contribution is -1.93. The average Bonchev–Trinajstić information content (AvgIpc) is 2.66. The van der Waals surface area contributed by atoms with Crippen molar-refractivity contribution in [1.29, 1.82) is 0 Å². The molecule has 0 unspecified atom stereocenters. The Balaban J connectivity index is 2.78. The number of fused-ring (bicyclic) bond motifs is 1. The largest absolute Gasteiger partial charge is 0.411 e. The molecule has 0 spiro atoms. The molecule has 0 saturated carbocycles. The summed E-state index contributed by atoms with van der Waals surface area (Å²) in [5.41, 5.74) is 4.09. The van der Waals surface area contributed by atoms with E-state index in [1.807, 2.05) is 13.1 Å². The van der Waals surface area contributed by atoms with Crippen molar-refractivity contribution in [3.8, 4) is 0 Å². The van der Waals surface area contributed by atoms with Crippen LogP contribution in [0.4, 0.5) is 0 Å². The van der Waals surface area contributed by atoms with E-state index < -0.39 is 0 Å². The fourth-order valence-electron chi connectivity index (χ4n) is 2.01. The van der Waals surface area contributed by atoms with Crippen LogP contribution in [-0.4, -0.2) is 15.5 Å². The van der Waals surface area contributed by atoms with Crippen molar-refractivity contribution in [3.05, 3.63) is 35.5 Å². The fraction of sp³-hybridized carbons (Fsp3) is 0.308. The zero-order valence-electron chi connectivity index (χ0n) is 9.86. The van der Waals surface area contributed by atoms with E-state index in [4.69, 9.17) is 5.21 Å². The highest BCUT2D eigenvalue weighted by Gasteiger charge is 2.10. The SMILES string of the molecule is CCn1cc(/C(C)=N/O)c2ccc(C)cc21. The van der Waals surface area contributed by atoms with Gasteiger partial charge in [0.15, 0.2) is 0 Å². The summed E-state index contributed by atoms with van der Waals surface area (Å²) in [6, 6.07) is 6.32. The number of hydrogen-bond acceptors (Lipinski definition) is 2. The Labute approximate surface area is 95.0 Å². The van der Waals surface area contributed by atoms with Crippen LogP contribution < -0.4 is 0 Å². The Hall–Kier alpha value is -1.77. The van der Waals surface area contributed by atoms with Crippen molar-refractivity contribution in [2.75, 3.05) is 0 Å². The van der Waals surface area contributed by atoms with Crippen LogP contribution in [0.15, 0.2) is 29.6 Å². The molecule has 1 heterocycles. The lowest BCUT2D eigenvalue weighted by molar-refractivity contribution is 0.319. The summed E-state index contributed by atoms with van der Waals surface area (Å²) in [6.45, 7) is 6.92. The van der Waals surface area contributed by atoms with Gasteiger partial charge in [0.25, 0.3) is 0 Å². The smallest absolute Gasteiger partial charge is 0.0858 e. The molecule has 0 radical (unpaired) electrons. The van der Waals surface area contributed by atoms with Crippen LogP contribution in [0.3, 0.4) is 0 Å². The Kier molecular flexibility index (Phi) is 2.69. The number of hydrogen-bond donors (Lipinski definition) is 1.